The fourth-order valence-electron chi connectivity index (χ4n) is 1.58. The van der Waals surface area contributed by atoms with Crippen LogP contribution in [0.3, 0.4) is 0 Å². The third-order valence-corrected chi connectivity index (χ3v) is 2.50. The standard InChI is InChI=1S/C9H15NO3/c1-8(9(11)12)4-7-10(13)5-2-3-6-10/h1-7H2,(H,11,12). The minimum absolute atomic E-state index is 0.139. The van der Waals surface area contributed by atoms with E-state index in [1.54, 1.807) is 0 Å². The molecule has 0 amide bonds. The van der Waals surface area contributed by atoms with Gasteiger partial charge in [-0.1, -0.05) is 6.58 Å². The molecule has 0 radical (unpaired) electrons. The predicted molar refractivity (Wildman–Crippen MR) is 48.9 cm³/mol. The normalized spacial score (nSPS) is 20.1. The van der Waals surface area contributed by atoms with Gasteiger partial charge in [0.25, 0.3) is 0 Å². The third-order valence-electron chi connectivity index (χ3n) is 2.50. The van der Waals surface area contributed by atoms with Crippen LogP contribution in [0.1, 0.15) is 19.3 Å². The van der Waals surface area contributed by atoms with Crippen molar-refractivity contribution >= 4 is 5.97 Å². The molecule has 0 unspecified atom stereocenters. The van der Waals surface area contributed by atoms with Gasteiger partial charge in [0.05, 0.1) is 19.6 Å². The summed E-state index contributed by atoms with van der Waals surface area (Å²) in [6.07, 6.45) is 2.23. The number of aliphatic carboxylic acids is 1. The van der Waals surface area contributed by atoms with Crippen molar-refractivity contribution in [3.63, 3.8) is 0 Å². The molecule has 13 heavy (non-hydrogen) atoms. The zero-order valence-electron chi connectivity index (χ0n) is 7.66. The van der Waals surface area contributed by atoms with Crippen LogP contribution < -0.4 is 0 Å². The van der Waals surface area contributed by atoms with E-state index in [9.17, 15) is 10.0 Å². The highest BCUT2D eigenvalue weighted by Crippen LogP contribution is 2.19. The lowest BCUT2D eigenvalue weighted by molar-refractivity contribution is -0.867. The number of hydrogen-bond donors (Lipinski definition) is 1. The minimum atomic E-state index is -0.995. The quantitative estimate of drug-likeness (QED) is 0.405. The molecule has 0 spiro atoms. The number of carboxylic acids is 1. The van der Waals surface area contributed by atoms with Crippen molar-refractivity contribution in [2.24, 2.45) is 0 Å². The van der Waals surface area contributed by atoms with Crippen molar-refractivity contribution in [3.05, 3.63) is 17.4 Å². The van der Waals surface area contributed by atoms with Crippen LogP contribution in [0.5, 0.6) is 0 Å². The lowest BCUT2D eigenvalue weighted by atomic mass is 10.2. The number of quaternary nitrogens is 1. The molecule has 1 aliphatic heterocycles. The summed E-state index contributed by atoms with van der Waals surface area (Å²) in [5.74, 6) is -0.995. The number of rotatable bonds is 4. The smallest absolute Gasteiger partial charge is 0.331 e. The molecule has 0 atom stereocenters. The third kappa shape index (κ3) is 2.82. The van der Waals surface area contributed by atoms with Gasteiger partial charge in [-0.05, 0) is 0 Å². The molecule has 0 bridgehead atoms. The van der Waals surface area contributed by atoms with Crippen LogP contribution in [0.15, 0.2) is 12.2 Å². The van der Waals surface area contributed by atoms with Gasteiger partial charge in [0.2, 0.25) is 0 Å². The molecule has 0 aromatic heterocycles. The summed E-state index contributed by atoms with van der Waals surface area (Å²) >= 11 is 0. The highest BCUT2D eigenvalue weighted by Gasteiger charge is 2.23. The van der Waals surface area contributed by atoms with E-state index in [0.29, 0.717) is 26.1 Å². The van der Waals surface area contributed by atoms with Crippen LogP contribution in [-0.2, 0) is 4.79 Å². The molecule has 1 fully saturated rings. The van der Waals surface area contributed by atoms with Crippen molar-refractivity contribution in [3.8, 4) is 0 Å². The van der Waals surface area contributed by atoms with Gasteiger partial charge in [-0.15, -0.1) is 0 Å². The van der Waals surface area contributed by atoms with Gasteiger partial charge in [-0.25, -0.2) is 4.79 Å². The van der Waals surface area contributed by atoms with Crippen LogP contribution in [0.2, 0.25) is 0 Å². The number of hydrogen-bond acceptors (Lipinski definition) is 2. The SMILES string of the molecule is C=C(CC[N+]1([O-])CCCC1)C(=O)O. The molecule has 0 aromatic rings. The lowest BCUT2D eigenvalue weighted by Gasteiger charge is -2.38. The van der Waals surface area contributed by atoms with Gasteiger partial charge in [0, 0.05) is 24.8 Å². The number of hydroxylamine groups is 3. The number of likely N-dealkylation sites (tertiary alicyclic amines) is 1. The molecule has 4 heteroatoms. The molecule has 0 saturated carbocycles. The Balaban J connectivity index is 2.33. The highest BCUT2D eigenvalue weighted by molar-refractivity contribution is 5.85. The van der Waals surface area contributed by atoms with Gasteiger partial charge < -0.3 is 15.0 Å². The molecule has 0 aromatic carbocycles. The van der Waals surface area contributed by atoms with Crippen molar-refractivity contribution in [2.75, 3.05) is 19.6 Å². The van der Waals surface area contributed by atoms with Crippen molar-refractivity contribution in [1.82, 2.24) is 0 Å². The Morgan fingerprint density at radius 3 is 2.46 bits per heavy atom. The Labute approximate surface area is 77.6 Å². The summed E-state index contributed by atoms with van der Waals surface area (Å²) in [5.41, 5.74) is 0.139. The zero-order chi connectivity index (χ0) is 9.90. The number of nitrogens with zero attached hydrogens (tertiary/aromatic N) is 1. The second-order valence-electron chi connectivity index (χ2n) is 3.59. The maximum Gasteiger partial charge on any atom is 0.331 e. The van der Waals surface area contributed by atoms with E-state index in [1.807, 2.05) is 0 Å². The van der Waals surface area contributed by atoms with Crippen molar-refractivity contribution in [2.45, 2.75) is 19.3 Å². The van der Waals surface area contributed by atoms with E-state index >= 15 is 0 Å². The van der Waals surface area contributed by atoms with Crippen molar-refractivity contribution in [1.29, 1.82) is 0 Å². The first-order chi connectivity index (χ1) is 6.03. The molecular formula is C9H15NO3. The number of carbonyl (C=O) groups is 1. The Kier molecular flexibility index (Phi) is 3.06. The summed E-state index contributed by atoms with van der Waals surface area (Å²) in [6.45, 7) is 5.03. The first-order valence-corrected chi connectivity index (χ1v) is 4.52. The van der Waals surface area contributed by atoms with E-state index < -0.39 is 5.97 Å². The van der Waals surface area contributed by atoms with Crippen LogP contribution in [0.4, 0.5) is 0 Å². The number of carboxylic acid groups (broad SMARTS) is 1. The van der Waals surface area contributed by atoms with E-state index in [-0.39, 0.29) is 10.2 Å². The fraction of sp³-hybridized carbons (Fsp3) is 0.667. The summed E-state index contributed by atoms with van der Waals surface area (Å²) in [5, 5.41) is 20.3. The Hall–Kier alpha value is -0.870. The topological polar surface area (TPSA) is 60.4 Å². The van der Waals surface area contributed by atoms with Crippen molar-refractivity contribution < 1.29 is 14.5 Å². The second-order valence-corrected chi connectivity index (χ2v) is 3.59. The molecular weight excluding hydrogens is 170 g/mol. The first kappa shape index (κ1) is 10.2. The highest BCUT2D eigenvalue weighted by atomic mass is 16.5. The maximum atomic E-state index is 11.7. The predicted octanol–water partition coefficient (Wildman–Crippen LogP) is 1.13. The van der Waals surface area contributed by atoms with E-state index in [2.05, 4.69) is 6.58 Å². The van der Waals surface area contributed by atoms with Gasteiger partial charge in [0.15, 0.2) is 0 Å². The van der Waals surface area contributed by atoms with Gasteiger partial charge in [-0.2, -0.15) is 0 Å². The summed E-state index contributed by atoms with van der Waals surface area (Å²) < 4.78 is -0.230. The van der Waals surface area contributed by atoms with Gasteiger partial charge in [0.1, 0.15) is 0 Å². The molecule has 1 heterocycles. The average Bonchev–Trinajstić information content (AvgIpc) is 2.48. The van der Waals surface area contributed by atoms with Crippen LogP contribution >= 0.6 is 0 Å². The summed E-state index contributed by atoms with van der Waals surface area (Å²) in [4.78, 5) is 10.4. The Morgan fingerprint density at radius 1 is 1.46 bits per heavy atom. The minimum Gasteiger partial charge on any atom is -0.633 e. The Morgan fingerprint density at radius 2 is 2.00 bits per heavy atom. The molecule has 4 nitrogen and oxygen atoms in total. The van der Waals surface area contributed by atoms with Gasteiger partial charge >= 0.3 is 5.97 Å². The largest absolute Gasteiger partial charge is 0.633 e. The second kappa shape index (κ2) is 3.89. The molecule has 1 saturated heterocycles. The Bertz CT molecular complexity index is 219. The summed E-state index contributed by atoms with van der Waals surface area (Å²) in [7, 11) is 0. The first-order valence-electron chi connectivity index (χ1n) is 4.52. The zero-order valence-corrected chi connectivity index (χ0v) is 7.66. The maximum absolute atomic E-state index is 11.7. The van der Waals surface area contributed by atoms with E-state index in [1.165, 1.54) is 0 Å². The fourth-order valence-corrected chi connectivity index (χ4v) is 1.58. The van der Waals surface area contributed by atoms with E-state index in [4.69, 9.17) is 5.11 Å². The van der Waals surface area contributed by atoms with Gasteiger partial charge in [-0.3, -0.25) is 0 Å². The summed E-state index contributed by atoms with van der Waals surface area (Å²) in [6, 6.07) is 0. The van der Waals surface area contributed by atoms with Crippen LogP contribution in [0, 0.1) is 5.21 Å². The average molecular weight is 185 g/mol. The van der Waals surface area contributed by atoms with Crippen LogP contribution in [-0.4, -0.2) is 35.4 Å². The monoisotopic (exact) mass is 185 g/mol. The van der Waals surface area contributed by atoms with Crippen LogP contribution in [0.25, 0.3) is 0 Å². The molecule has 0 aliphatic carbocycles. The molecule has 1 aliphatic rings. The molecule has 1 N–H and O–H groups in total. The molecule has 74 valence electrons. The lowest BCUT2D eigenvalue weighted by Crippen LogP contribution is -2.39. The van der Waals surface area contributed by atoms with E-state index in [0.717, 1.165) is 12.8 Å². The molecule has 1 rings (SSSR count).